The minimum absolute atomic E-state index is 0.0297. The second-order valence-corrected chi connectivity index (χ2v) is 12.9. The monoisotopic (exact) mass is 625 g/mol. The summed E-state index contributed by atoms with van der Waals surface area (Å²) < 4.78 is 12.4. The van der Waals surface area contributed by atoms with Gasteiger partial charge in [0.2, 0.25) is 5.91 Å². The molecule has 8 bridgehead atoms. The molecule has 1 fully saturated rings. The van der Waals surface area contributed by atoms with E-state index in [1.165, 1.54) is 36.8 Å². The van der Waals surface area contributed by atoms with Crippen LogP contribution < -0.4 is 20.1 Å². The van der Waals surface area contributed by atoms with Crippen LogP contribution in [0, 0.1) is 0 Å². The molecule has 6 heteroatoms. The number of carbonyl (C=O) groups excluding carboxylic acids is 1. The molecule has 1 aliphatic carbocycles. The molecule has 4 aromatic carbocycles. The predicted octanol–water partition coefficient (Wildman–Crippen LogP) is 7.52. The van der Waals surface area contributed by atoms with Gasteiger partial charge in [0.15, 0.2) is 0 Å². The summed E-state index contributed by atoms with van der Waals surface area (Å²) in [4.78, 5) is 13.7. The molecule has 1 spiro atoms. The fourth-order valence-electron chi connectivity index (χ4n) is 6.87. The van der Waals surface area contributed by atoms with Gasteiger partial charge in [0.25, 0.3) is 0 Å². The van der Waals surface area contributed by atoms with Gasteiger partial charge in [0.05, 0.1) is 5.41 Å². The largest absolute Gasteiger partial charge is 0.489 e. The second kappa shape index (κ2) is 14.0. The van der Waals surface area contributed by atoms with E-state index in [2.05, 4.69) is 95.6 Å². The van der Waals surface area contributed by atoms with Crippen LogP contribution in [0.25, 0.3) is 0 Å². The Balaban J connectivity index is 1.16. The summed E-state index contributed by atoms with van der Waals surface area (Å²) in [5, 5.41) is 7.69. The van der Waals surface area contributed by atoms with Crippen LogP contribution >= 0.6 is 0 Å². The smallest absolute Gasteiger partial charge is 0.227 e. The summed E-state index contributed by atoms with van der Waals surface area (Å²) in [6.07, 6.45) is 12.8. The van der Waals surface area contributed by atoms with E-state index in [9.17, 15) is 4.79 Å². The summed E-state index contributed by atoms with van der Waals surface area (Å²) >= 11 is 0. The van der Waals surface area contributed by atoms with Crippen LogP contribution in [0.3, 0.4) is 0 Å². The molecule has 240 valence electrons. The summed E-state index contributed by atoms with van der Waals surface area (Å²) in [6.45, 7) is 4.29. The summed E-state index contributed by atoms with van der Waals surface area (Å²) in [6, 6.07) is 34.9. The normalized spacial score (nSPS) is 20.8. The number of hydrogen-bond donors (Lipinski definition) is 2. The highest BCUT2D eigenvalue weighted by Crippen LogP contribution is 2.39. The first kappa shape index (κ1) is 31.0. The molecule has 11 rings (SSSR count). The molecule has 2 N–H and O–H groups in total. The molecule has 6 heterocycles. The Morgan fingerprint density at radius 1 is 0.617 bits per heavy atom. The number of ether oxygens (including phenoxy) is 2. The Morgan fingerprint density at radius 2 is 1.02 bits per heavy atom. The Hall–Kier alpha value is -4.65. The molecular weight excluding hydrogens is 582 g/mol. The zero-order chi connectivity index (χ0) is 32.1. The van der Waals surface area contributed by atoms with Crippen LogP contribution in [0.2, 0.25) is 0 Å². The van der Waals surface area contributed by atoms with E-state index in [1.807, 2.05) is 36.7 Å². The van der Waals surface area contributed by atoms with Gasteiger partial charge in [-0.3, -0.25) is 9.69 Å². The van der Waals surface area contributed by atoms with Crippen LogP contribution in [-0.2, 0) is 36.5 Å². The van der Waals surface area contributed by atoms with Crippen molar-refractivity contribution in [2.75, 3.05) is 0 Å². The summed E-state index contributed by atoms with van der Waals surface area (Å²) in [5.41, 5.74) is 6.47. The topological polar surface area (TPSA) is 62.8 Å². The molecule has 47 heavy (non-hydrogen) atoms. The van der Waals surface area contributed by atoms with Gasteiger partial charge < -0.3 is 20.1 Å². The lowest BCUT2D eigenvalue weighted by Crippen LogP contribution is -2.49. The van der Waals surface area contributed by atoms with Gasteiger partial charge in [-0.2, -0.15) is 0 Å². The number of fused-ring (bicyclic) bond motifs is 4. The highest BCUT2D eigenvalue weighted by atomic mass is 16.5. The van der Waals surface area contributed by atoms with Crippen molar-refractivity contribution in [1.29, 1.82) is 0 Å². The predicted molar refractivity (Wildman–Crippen MR) is 186 cm³/mol. The van der Waals surface area contributed by atoms with E-state index in [0.717, 1.165) is 46.8 Å². The molecule has 6 nitrogen and oxygen atoms in total. The number of amides is 1. The number of carbonyl (C=O) groups is 1. The molecule has 1 saturated carbocycles. The fraction of sp³-hybridized carbons (Fsp3) is 0.293. The van der Waals surface area contributed by atoms with E-state index in [0.29, 0.717) is 25.3 Å². The Kier molecular flexibility index (Phi) is 9.23. The van der Waals surface area contributed by atoms with E-state index < -0.39 is 5.41 Å². The van der Waals surface area contributed by atoms with Crippen LogP contribution in [0.1, 0.15) is 66.0 Å². The van der Waals surface area contributed by atoms with E-state index >= 15 is 0 Å². The van der Waals surface area contributed by atoms with Gasteiger partial charge in [-0.15, -0.1) is 0 Å². The van der Waals surface area contributed by atoms with Crippen LogP contribution in [0.15, 0.2) is 122 Å². The molecule has 0 aromatic heterocycles. The molecule has 6 aliphatic heterocycles. The minimum atomic E-state index is -0.544. The number of hydrogen-bond acceptors (Lipinski definition) is 5. The van der Waals surface area contributed by atoms with Crippen molar-refractivity contribution in [2.24, 2.45) is 0 Å². The molecule has 0 radical (unpaired) electrons. The van der Waals surface area contributed by atoms with Crippen molar-refractivity contribution in [3.8, 4) is 11.5 Å². The van der Waals surface area contributed by atoms with E-state index in [-0.39, 0.29) is 5.91 Å². The van der Waals surface area contributed by atoms with Gasteiger partial charge >= 0.3 is 0 Å². The molecule has 2 unspecified atom stereocenters. The first-order valence-electron chi connectivity index (χ1n) is 16.8. The third-order valence-corrected chi connectivity index (χ3v) is 9.78. The lowest BCUT2D eigenvalue weighted by atomic mass is 9.73. The zero-order valence-electron chi connectivity index (χ0n) is 27.0. The summed E-state index contributed by atoms with van der Waals surface area (Å²) in [7, 11) is 0. The highest BCUT2D eigenvalue weighted by molar-refractivity contribution is 5.76. The lowest BCUT2D eigenvalue weighted by molar-refractivity contribution is -0.124. The second-order valence-electron chi connectivity index (χ2n) is 12.9. The quantitative estimate of drug-likeness (QED) is 0.212. The summed E-state index contributed by atoms with van der Waals surface area (Å²) in [5.74, 6) is 1.60. The highest BCUT2D eigenvalue weighted by Gasteiger charge is 2.32. The van der Waals surface area contributed by atoms with Crippen molar-refractivity contribution in [1.82, 2.24) is 15.5 Å². The van der Waals surface area contributed by atoms with Gasteiger partial charge in [0.1, 0.15) is 24.7 Å². The van der Waals surface area contributed by atoms with Crippen molar-refractivity contribution < 1.29 is 14.3 Å². The van der Waals surface area contributed by atoms with Gasteiger partial charge in [0, 0.05) is 44.5 Å². The average molecular weight is 626 g/mol. The minimum Gasteiger partial charge on any atom is -0.489 e. The fourth-order valence-corrected chi connectivity index (χ4v) is 6.87. The lowest BCUT2D eigenvalue weighted by Gasteiger charge is -2.33. The Morgan fingerprint density at radius 3 is 1.43 bits per heavy atom. The first-order chi connectivity index (χ1) is 23.0. The molecule has 0 saturated heterocycles. The molecular formula is C41H43N3O3. The van der Waals surface area contributed by atoms with Crippen molar-refractivity contribution in [3.05, 3.63) is 155 Å². The van der Waals surface area contributed by atoms with Crippen LogP contribution in [0.5, 0.6) is 11.5 Å². The third-order valence-electron chi connectivity index (χ3n) is 9.78. The number of rotatable bonds is 0. The van der Waals surface area contributed by atoms with Crippen molar-refractivity contribution >= 4 is 5.91 Å². The molecule has 1 amide bonds. The van der Waals surface area contributed by atoms with Crippen LogP contribution in [-0.4, -0.2) is 22.9 Å². The maximum atomic E-state index is 12.1. The molecule has 2 atom stereocenters. The Bertz CT molecular complexity index is 1590. The third kappa shape index (κ3) is 7.19. The molecule has 4 aromatic rings. The van der Waals surface area contributed by atoms with E-state index in [4.69, 9.17) is 9.47 Å². The van der Waals surface area contributed by atoms with Gasteiger partial charge in [-0.1, -0.05) is 85.6 Å². The first-order valence-corrected chi connectivity index (χ1v) is 16.8. The number of nitrogens with one attached hydrogen (secondary N) is 2. The van der Waals surface area contributed by atoms with Crippen molar-refractivity contribution in [2.45, 2.75) is 76.4 Å². The molecule has 7 aliphatic rings. The average Bonchev–Trinajstić information content (AvgIpc) is 3.12. The standard InChI is InChI=1S/C41H43N3O3/c1-30(45)44-24-22-41(23-25-44)35-14-18-37(19-15-35)46-28-33-10-6-31(7-11-33)26-42-39-4-2-3-5-40(39)43-27-32-8-12-34(13-9-32)29-47-38-20-16-36(41)17-21-38/h6-25,39-40,42-43H,2-5,26-29H2,1H3. The zero-order valence-corrected chi connectivity index (χ0v) is 27.0. The van der Waals surface area contributed by atoms with Crippen LogP contribution in [0.4, 0.5) is 0 Å². The SMILES string of the molecule is CC(=O)N1C=CC2(C=C1)c1ccc(cc1)OCc1ccc(cc1)CNC1CCCCC1NCc1ccc(cc1)COc1ccc2cc1. The number of allylic oxidation sites excluding steroid dienone is 2. The maximum absolute atomic E-state index is 12.1. The number of benzene rings is 4. The van der Waals surface area contributed by atoms with Gasteiger partial charge in [-0.25, -0.2) is 0 Å². The number of nitrogens with zero attached hydrogens (tertiary/aromatic N) is 1. The maximum Gasteiger partial charge on any atom is 0.227 e. The van der Waals surface area contributed by atoms with Gasteiger partial charge in [-0.05, 0) is 82.6 Å². The van der Waals surface area contributed by atoms with Crippen molar-refractivity contribution in [3.63, 3.8) is 0 Å². The van der Waals surface area contributed by atoms with E-state index in [1.54, 1.807) is 11.8 Å². The Labute approximate surface area is 278 Å².